The summed E-state index contributed by atoms with van der Waals surface area (Å²) in [4.78, 5) is 6.42. The molecule has 0 fully saturated rings. The van der Waals surface area contributed by atoms with Gasteiger partial charge in [-0.05, 0) is 29.8 Å². The minimum Gasteiger partial charge on any atom is -0.369 e. The molecule has 0 aromatic heterocycles. The fourth-order valence-corrected chi connectivity index (χ4v) is 2.46. The van der Waals surface area contributed by atoms with Crippen molar-refractivity contribution in [1.29, 1.82) is 0 Å². The van der Waals surface area contributed by atoms with E-state index in [-0.39, 0.29) is 6.04 Å². The summed E-state index contributed by atoms with van der Waals surface area (Å²) in [5.74, 6) is 0.561. The molecular formula is C15H14ClN3. The van der Waals surface area contributed by atoms with Crippen molar-refractivity contribution < 1.29 is 0 Å². The molecular weight excluding hydrogens is 258 g/mol. The van der Waals surface area contributed by atoms with Crippen molar-refractivity contribution in [2.24, 2.45) is 10.7 Å². The topological polar surface area (TPSA) is 41.6 Å². The van der Waals surface area contributed by atoms with Gasteiger partial charge in [-0.15, -0.1) is 0 Å². The normalized spacial score (nSPS) is 18.5. The lowest BCUT2D eigenvalue weighted by Crippen LogP contribution is -2.36. The van der Waals surface area contributed by atoms with Gasteiger partial charge in [-0.3, -0.25) is 4.99 Å². The van der Waals surface area contributed by atoms with Crippen LogP contribution in [0.4, 0.5) is 5.69 Å². The number of benzene rings is 2. The number of halogens is 1. The van der Waals surface area contributed by atoms with E-state index in [2.05, 4.69) is 9.89 Å². The Morgan fingerprint density at radius 1 is 1.05 bits per heavy atom. The molecule has 2 aromatic carbocycles. The molecule has 0 radical (unpaired) electrons. The lowest BCUT2D eigenvalue weighted by molar-refractivity contribution is 0.769. The molecule has 2 N–H and O–H groups in total. The third-order valence-electron chi connectivity index (χ3n) is 3.27. The van der Waals surface area contributed by atoms with E-state index in [0.29, 0.717) is 12.5 Å². The second kappa shape index (κ2) is 4.94. The van der Waals surface area contributed by atoms with Crippen LogP contribution in [0.25, 0.3) is 0 Å². The van der Waals surface area contributed by atoms with Gasteiger partial charge in [-0.1, -0.05) is 41.9 Å². The highest BCUT2D eigenvalue weighted by Gasteiger charge is 2.28. The second-order valence-corrected chi connectivity index (χ2v) is 4.91. The Labute approximate surface area is 117 Å². The summed E-state index contributed by atoms with van der Waals surface area (Å²) in [6.07, 6.45) is 0. The monoisotopic (exact) mass is 271 g/mol. The summed E-state index contributed by atoms with van der Waals surface area (Å²) in [6, 6.07) is 18.0. The molecule has 3 rings (SSSR count). The van der Waals surface area contributed by atoms with E-state index in [1.165, 1.54) is 0 Å². The first-order valence-corrected chi connectivity index (χ1v) is 6.53. The zero-order valence-electron chi connectivity index (χ0n) is 10.3. The fraction of sp³-hybridized carbons (Fsp3) is 0.133. The average molecular weight is 272 g/mol. The van der Waals surface area contributed by atoms with E-state index in [0.717, 1.165) is 16.3 Å². The van der Waals surface area contributed by atoms with Crippen molar-refractivity contribution in [3.63, 3.8) is 0 Å². The molecule has 0 saturated heterocycles. The van der Waals surface area contributed by atoms with Gasteiger partial charge < -0.3 is 10.6 Å². The first-order chi connectivity index (χ1) is 9.25. The van der Waals surface area contributed by atoms with Crippen LogP contribution in [-0.4, -0.2) is 12.5 Å². The largest absolute Gasteiger partial charge is 0.369 e. The quantitative estimate of drug-likeness (QED) is 0.911. The van der Waals surface area contributed by atoms with Gasteiger partial charge in [-0.2, -0.15) is 0 Å². The maximum atomic E-state index is 6.02. The molecule has 0 spiro atoms. The third kappa shape index (κ3) is 2.29. The summed E-state index contributed by atoms with van der Waals surface area (Å²) in [6.45, 7) is 0.669. The number of guanidine groups is 1. The van der Waals surface area contributed by atoms with Crippen molar-refractivity contribution in [2.45, 2.75) is 6.04 Å². The number of para-hydroxylation sites is 1. The Kier molecular flexibility index (Phi) is 3.13. The molecule has 1 aliphatic heterocycles. The van der Waals surface area contributed by atoms with Crippen LogP contribution in [0.2, 0.25) is 5.02 Å². The fourth-order valence-electron chi connectivity index (χ4n) is 2.34. The molecule has 0 aliphatic carbocycles. The first kappa shape index (κ1) is 12.1. The van der Waals surface area contributed by atoms with Crippen molar-refractivity contribution >= 4 is 23.2 Å². The van der Waals surface area contributed by atoms with E-state index in [1.54, 1.807) is 0 Å². The number of nitrogens with two attached hydrogens (primary N) is 1. The molecule has 0 saturated carbocycles. The molecule has 0 amide bonds. The standard InChI is InChI=1S/C15H14ClN3/c16-12-8-6-11(7-9-12)14-10-18-15(17)19(14)13-4-2-1-3-5-13/h1-9,14H,10H2,(H2,17,18). The van der Waals surface area contributed by atoms with Crippen LogP contribution in [-0.2, 0) is 0 Å². The SMILES string of the molecule is NC1=NCC(c2ccc(Cl)cc2)N1c1ccccc1. The first-order valence-electron chi connectivity index (χ1n) is 6.15. The maximum Gasteiger partial charge on any atom is 0.196 e. The van der Waals surface area contributed by atoms with Crippen molar-refractivity contribution in [1.82, 2.24) is 0 Å². The van der Waals surface area contributed by atoms with Gasteiger partial charge >= 0.3 is 0 Å². The lowest BCUT2D eigenvalue weighted by atomic mass is 10.1. The van der Waals surface area contributed by atoms with Crippen LogP contribution in [0, 0.1) is 0 Å². The van der Waals surface area contributed by atoms with Crippen LogP contribution in [0.3, 0.4) is 0 Å². The number of hydrogen-bond donors (Lipinski definition) is 1. The van der Waals surface area contributed by atoms with Gasteiger partial charge in [0.1, 0.15) is 0 Å². The molecule has 1 aliphatic rings. The van der Waals surface area contributed by atoms with Gasteiger partial charge in [0, 0.05) is 10.7 Å². The van der Waals surface area contributed by atoms with Gasteiger partial charge in [0.2, 0.25) is 0 Å². The minimum atomic E-state index is 0.139. The second-order valence-electron chi connectivity index (χ2n) is 4.47. The van der Waals surface area contributed by atoms with E-state index < -0.39 is 0 Å². The molecule has 1 unspecified atom stereocenters. The highest BCUT2D eigenvalue weighted by molar-refractivity contribution is 6.30. The third-order valence-corrected chi connectivity index (χ3v) is 3.53. The van der Waals surface area contributed by atoms with Crippen LogP contribution in [0.5, 0.6) is 0 Å². The van der Waals surface area contributed by atoms with Crippen LogP contribution in [0.1, 0.15) is 11.6 Å². The van der Waals surface area contributed by atoms with E-state index in [1.807, 2.05) is 54.6 Å². The number of anilines is 1. The molecule has 3 nitrogen and oxygen atoms in total. The Balaban J connectivity index is 1.96. The molecule has 0 bridgehead atoms. The van der Waals surface area contributed by atoms with Gasteiger partial charge in [0.05, 0.1) is 12.6 Å². The number of nitrogens with zero attached hydrogens (tertiary/aromatic N) is 2. The summed E-state index contributed by atoms with van der Waals surface area (Å²) >= 11 is 5.93. The Morgan fingerprint density at radius 3 is 2.42 bits per heavy atom. The summed E-state index contributed by atoms with van der Waals surface area (Å²) in [5.41, 5.74) is 8.24. The van der Waals surface area contributed by atoms with Crippen molar-refractivity contribution in [3.8, 4) is 0 Å². The molecule has 96 valence electrons. The number of hydrogen-bond acceptors (Lipinski definition) is 3. The predicted molar refractivity (Wildman–Crippen MR) is 79.6 cm³/mol. The predicted octanol–water partition coefficient (Wildman–Crippen LogP) is 3.22. The zero-order chi connectivity index (χ0) is 13.2. The smallest absolute Gasteiger partial charge is 0.196 e. The summed E-state index contributed by atoms with van der Waals surface area (Å²) in [7, 11) is 0. The Morgan fingerprint density at radius 2 is 1.74 bits per heavy atom. The summed E-state index contributed by atoms with van der Waals surface area (Å²) < 4.78 is 0. The van der Waals surface area contributed by atoms with E-state index in [9.17, 15) is 0 Å². The van der Waals surface area contributed by atoms with Crippen molar-refractivity contribution in [2.75, 3.05) is 11.4 Å². The molecule has 1 atom stereocenters. The minimum absolute atomic E-state index is 0.139. The van der Waals surface area contributed by atoms with Crippen molar-refractivity contribution in [3.05, 3.63) is 65.2 Å². The van der Waals surface area contributed by atoms with Crippen LogP contribution < -0.4 is 10.6 Å². The molecule has 1 heterocycles. The molecule has 2 aromatic rings. The van der Waals surface area contributed by atoms with Crippen LogP contribution in [0.15, 0.2) is 59.6 Å². The van der Waals surface area contributed by atoms with Gasteiger partial charge in [0.25, 0.3) is 0 Å². The van der Waals surface area contributed by atoms with E-state index >= 15 is 0 Å². The van der Waals surface area contributed by atoms with Gasteiger partial charge in [0.15, 0.2) is 5.96 Å². The lowest BCUT2D eigenvalue weighted by Gasteiger charge is -2.26. The zero-order valence-corrected chi connectivity index (χ0v) is 11.1. The summed E-state index contributed by atoms with van der Waals surface area (Å²) in [5, 5.41) is 0.738. The Bertz CT molecular complexity index is 593. The number of rotatable bonds is 2. The van der Waals surface area contributed by atoms with Gasteiger partial charge in [-0.25, -0.2) is 0 Å². The molecule has 4 heteroatoms. The Hall–Kier alpha value is -2.00. The number of aliphatic imine (C=N–C) groups is 1. The average Bonchev–Trinajstić information content (AvgIpc) is 2.82. The highest BCUT2D eigenvalue weighted by Crippen LogP contribution is 2.31. The van der Waals surface area contributed by atoms with E-state index in [4.69, 9.17) is 17.3 Å². The van der Waals surface area contributed by atoms with Crippen LogP contribution >= 0.6 is 11.6 Å². The molecule has 19 heavy (non-hydrogen) atoms. The maximum absolute atomic E-state index is 6.02. The highest BCUT2D eigenvalue weighted by atomic mass is 35.5.